The van der Waals surface area contributed by atoms with E-state index in [1.807, 2.05) is 30.3 Å². The van der Waals surface area contributed by atoms with Crippen molar-refractivity contribution in [2.45, 2.75) is 0 Å². The summed E-state index contributed by atoms with van der Waals surface area (Å²) < 4.78 is 0. The summed E-state index contributed by atoms with van der Waals surface area (Å²) in [5, 5.41) is 2.77. The fourth-order valence-electron chi connectivity index (χ4n) is 3.32. The molecule has 5 nitrogen and oxygen atoms in total. The number of carbonyl (C=O) groups is 1. The summed E-state index contributed by atoms with van der Waals surface area (Å²) in [5.74, 6) is -0.162. The molecule has 0 fully saturated rings. The van der Waals surface area contributed by atoms with Gasteiger partial charge in [-0.25, -0.2) is 9.97 Å². The highest BCUT2D eigenvalue weighted by Crippen LogP contribution is 2.39. The first-order valence-corrected chi connectivity index (χ1v) is 7.28. The van der Waals surface area contributed by atoms with E-state index in [0.29, 0.717) is 22.6 Å². The van der Waals surface area contributed by atoms with Gasteiger partial charge in [0, 0.05) is 23.0 Å². The molecule has 1 aliphatic carbocycles. The molecule has 3 aromatic heterocycles. The molecule has 0 radical (unpaired) electrons. The monoisotopic (exact) mass is 299 g/mol. The van der Waals surface area contributed by atoms with Crippen molar-refractivity contribution in [2.24, 2.45) is 0 Å². The van der Waals surface area contributed by atoms with Gasteiger partial charge in [0.2, 0.25) is 11.5 Å². The Morgan fingerprint density at radius 1 is 1.00 bits per heavy atom. The number of fused-ring (bicyclic) bond motifs is 4. The molecule has 1 aromatic carbocycles. The van der Waals surface area contributed by atoms with Crippen LogP contribution < -0.4 is 10.7 Å². The quantitative estimate of drug-likeness (QED) is 0.445. The van der Waals surface area contributed by atoms with Crippen molar-refractivity contribution in [3.8, 4) is 11.4 Å². The molecule has 3 heterocycles. The molecule has 0 atom stereocenters. The maximum atomic E-state index is 12.9. The van der Waals surface area contributed by atoms with E-state index in [1.54, 1.807) is 18.5 Å². The minimum atomic E-state index is -0.162. The van der Waals surface area contributed by atoms with Crippen LogP contribution in [0.2, 0.25) is 0 Å². The van der Waals surface area contributed by atoms with E-state index in [1.165, 1.54) is 0 Å². The molecule has 5 rings (SSSR count). The normalized spacial score (nSPS) is 12.6. The molecule has 0 saturated heterocycles. The highest BCUT2D eigenvalue weighted by atomic mass is 16.1. The van der Waals surface area contributed by atoms with E-state index in [-0.39, 0.29) is 5.78 Å². The Morgan fingerprint density at radius 3 is 2.78 bits per heavy atom. The van der Waals surface area contributed by atoms with Crippen LogP contribution in [0, 0.1) is 0 Å². The maximum Gasteiger partial charge on any atom is 0.243 e. The third kappa shape index (κ3) is 1.46. The molecule has 4 aromatic rings. The average Bonchev–Trinajstić information content (AvgIpc) is 2.59. The number of rotatable bonds is 0. The van der Waals surface area contributed by atoms with Crippen molar-refractivity contribution < 1.29 is 9.78 Å². The van der Waals surface area contributed by atoms with E-state index >= 15 is 0 Å². The van der Waals surface area contributed by atoms with E-state index in [9.17, 15) is 4.79 Å². The number of hydrogen-bond acceptors (Lipinski definition) is 4. The van der Waals surface area contributed by atoms with Crippen LogP contribution in [0.15, 0.2) is 48.8 Å². The Morgan fingerprint density at radius 2 is 1.87 bits per heavy atom. The van der Waals surface area contributed by atoms with Gasteiger partial charge in [-0.3, -0.25) is 9.78 Å². The standard InChI is InChI=1S/C18H10N4O/c19-11-6-8-20-15-14(11)18(23)17-13-10(5-7-21-17)9-3-1-2-4-12(9)22-16(13)15/h1-8H,(H2,19,20)/p+1. The number of anilines is 1. The number of ketones is 1. The second-order valence-corrected chi connectivity index (χ2v) is 5.57. The van der Waals surface area contributed by atoms with Gasteiger partial charge in [0.1, 0.15) is 17.0 Å². The number of H-pyrrole nitrogens is 1. The molecule has 5 heteroatoms. The predicted octanol–water partition coefficient (Wildman–Crippen LogP) is 2.39. The lowest BCUT2D eigenvalue weighted by Gasteiger charge is -2.16. The van der Waals surface area contributed by atoms with Crippen molar-refractivity contribution in [1.82, 2.24) is 9.97 Å². The zero-order valence-electron chi connectivity index (χ0n) is 12.0. The summed E-state index contributed by atoms with van der Waals surface area (Å²) in [5.41, 5.74) is 9.59. The number of aromatic amines is 1. The second kappa shape index (κ2) is 4.10. The van der Waals surface area contributed by atoms with Gasteiger partial charge in [-0.2, -0.15) is 0 Å². The number of nitrogens with two attached hydrogens (primary N) is 1. The van der Waals surface area contributed by atoms with Crippen LogP contribution in [0.3, 0.4) is 0 Å². The Kier molecular flexibility index (Phi) is 2.18. The summed E-state index contributed by atoms with van der Waals surface area (Å²) in [6, 6.07) is 11.5. The zero-order valence-corrected chi connectivity index (χ0v) is 12.0. The van der Waals surface area contributed by atoms with Crippen LogP contribution in [0.25, 0.3) is 33.1 Å². The van der Waals surface area contributed by atoms with Crippen LogP contribution in [0.4, 0.5) is 5.69 Å². The fraction of sp³-hybridized carbons (Fsp3) is 0. The lowest BCUT2D eigenvalue weighted by Crippen LogP contribution is -2.22. The lowest BCUT2D eigenvalue weighted by atomic mass is 9.90. The maximum absolute atomic E-state index is 12.9. The van der Waals surface area contributed by atoms with E-state index < -0.39 is 0 Å². The van der Waals surface area contributed by atoms with Gasteiger partial charge in [-0.05, 0) is 17.5 Å². The third-order valence-electron chi connectivity index (χ3n) is 4.32. The van der Waals surface area contributed by atoms with Gasteiger partial charge in [0.25, 0.3) is 0 Å². The number of pyridine rings is 3. The highest BCUT2D eigenvalue weighted by molar-refractivity contribution is 6.27. The van der Waals surface area contributed by atoms with Crippen LogP contribution in [-0.4, -0.2) is 15.8 Å². The topological polar surface area (TPSA) is 83.0 Å². The van der Waals surface area contributed by atoms with Crippen molar-refractivity contribution >= 4 is 33.1 Å². The van der Waals surface area contributed by atoms with Crippen molar-refractivity contribution in [3.05, 3.63) is 60.0 Å². The van der Waals surface area contributed by atoms with Crippen LogP contribution in [0.1, 0.15) is 16.1 Å². The van der Waals surface area contributed by atoms with Crippen LogP contribution in [-0.2, 0) is 0 Å². The van der Waals surface area contributed by atoms with Crippen molar-refractivity contribution in [1.29, 1.82) is 0 Å². The first-order valence-electron chi connectivity index (χ1n) is 7.28. The summed E-state index contributed by atoms with van der Waals surface area (Å²) in [4.78, 5) is 25.1. The minimum Gasteiger partial charge on any atom is -0.398 e. The molecule has 1 aliphatic rings. The lowest BCUT2D eigenvalue weighted by molar-refractivity contribution is -0.364. The van der Waals surface area contributed by atoms with E-state index in [4.69, 9.17) is 10.7 Å². The van der Waals surface area contributed by atoms with Gasteiger partial charge >= 0.3 is 0 Å². The predicted molar refractivity (Wildman–Crippen MR) is 86.9 cm³/mol. The van der Waals surface area contributed by atoms with E-state index in [0.717, 1.165) is 27.4 Å². The Balaban J connectivity index is 2.10. The summed E-state index contributed by atoms with van der Waals surface area (Å²) in [6.07, 6.45) is 3.39. The van der Waals surface area contributed by atoms with Gasteiger partial charge in [-0.1, -0.05) is 18.2 Å². The summed E-state index contributed by atoms with van der Waals surface area (Å²) >= 11 is 0. The molecule has 0 aliphatic heterocycles. The molecule has 23 heavy (non-hydrogen) atoms. The van der Waals surface area contributed by atoms with Crippen LogP contribution in [0.5, 0.6) is 0 Å². The van der Waals surface area contributed by atoms with Gasteiger partial charge in [0.05, 0.1) is 11.2 Å². The van der Waals surface area contributed by atoms with Gasteiger partial charge in [-0.15, -0.1) is 0 Å². The molecular weight excluding hydrogens is 288 g/mol. The highest BCUT2D eigenvalue weighted by Gasteiger charge is 2.34. The number of nitrogens with one attached hydrogen (secondary N) is 1. The third-order valence-corrected chi connectivity index (χ3v) is 4.32. The number of carbonyl (C=O) groups excluding carboxylic acids is 1. The smallest absolute Gasteiger partial charge is 0.243 e. The molecule has 0 amide bonds. The Bertz CT molecular complexity index is 1150. The zero-order chi connectivity index (χ0) is 15.6. The molecule has 3 N–H and O–H groups in total. The molecule has 0 saturated carbocycles. The number of hydrogen-bond donors (Lipinski definition) is 1. The van der Waals surface area contributed by atoms with Gasteiger partial charge in [0.15, 0.2) is 6.20 Å². The largest absolute Gasteiger partial charge is 0.398 e. The molecule has 0 spiro atoms. The van der Waals surface area contributed by atoms with Crippen molar-refractivity contribution in [2.75, 3.05) is 5.73 Å². The fourth-order valence-corrected chi connectivity index (χ4v) is 3.32. The van der Waals surface area contributed by atoms with E-state index in [2.05, 4.69) is 9.97 Å². The molecule has 0 bridgehead atoms. The number of para-hydroxylation sites is 1. The molecule has 108 valence electrons. The number of aromatic nitrogens is 3. The van der Waals surface area contributed by atoms with Gasteiger partial charge < -0.3 is 5.73 Å². The molecule has 0 unspecified atom stereocenters. The first kappa shape index (κ1) is 12.2. The summed E-state index contributed by atoms with van der Waals surface area (Å²) in [7, 11) is 0. The van der Waals surface area contributed by atoms with Crippen LogP contribution >= 0.6 is 0 Å². The molecular formula is C18H11N4O+. The summed E-state index contributed by atoms with van der Waals surface area (Å²) in [6.45, 7) is 0. The first-order chi connectivity index (χ1) is 11.3. The Labute approximate surface area is 130 Å². The number of benzene rings is 1. The number of nitrogen functional groups attached to an aromatic ring is 1. The van der Waals surface area contributed by atoms with Crippen molar-refractivity contribution in [3.63, 3.8) is 0 Å². The second-order valence-electron chi connectivity index (χ2n) is 5.57. The Hall–Kier alpha value is -3.34. The average molecular weight is 299 g/mol. The SMILES string of the molecule is Nc1cc[nH+]c2c1C(=O)c1nccc3c1c-2nc1ccccc13. The number of nitrogens with zero attached hydrogens (tertiary/aromatic N) is 2. The minimum absolute atomic E-state index is 0.162.